The van der Waals surface area contributed by atoms with Gasteiger partial charge in [0.05, 0.1) is 13.0 Å². The van der Waals surface area contributed by atoms with Crippen molar-refractivity contribution >= 4 is 23.3 Å². The van der Waals surface area contributed by atoms with Gasteiger partial charge in [0.15, 0.2) is 5.78 Å². The number of rotatable bonds is 5. The molecule has 3 rings (SSSR count). The number of aryl methyl sites for hydroxylation is 1. The number of hydrogen-bond acceptors (Lipinski definition) is 3. The maximum atomic E-state index is 12.6. The molecule has 1 aliphatic heterocycles. The van der Waals surface area contributed by atoms with Crippen molar-refractivity contribution in [2.75, 3.05) is 32.7 Å². The first-order valence-corrected chi connectivity index (χ1v) is 9.63. The molecular formula is C21H26ClN3O2. The molecule has 2 aromatic rings. The third kappa shape index (κ3) is 4.60. The minimum Gasteiger partial charge on any atom is -0.351 e. The standard InChI is InChI=1S/C21H26ClN3O2/c1-15-12-19(16(2)23(15)3)20(26)14-24-8-10-25(11-9-24)21(27)13-17-4-6-18(22)7-5-17/h4-7,12H,8-11,13-14H2,1-3H3. The van der Waals surface area contributed by atoms with Gasteiger partial charge in [-0.2, -0.15) is 0 Å². The normalized spacial score (nSPS) is 15.2. The van der Waals surface area contributed by atoms with Crippen LogP contribution in [0.3, 0.4) is 0 Å². The molecule has 144 valence electrons. The first-order chi connectivity index (χ1) is 12.8. The number of nitrogens with zero attached hydrogens (tertiary/aromatic N) is 3. The Kier molecular flexibility index (Phi) is 6.02. The summed E-state index contributed by atoms with van der Waals surface area (Å²) in [6.45, 7) is 7.16. The van der Waals surface area contributed by atoms with Gasteiger partial charge < -0.3 is 9.47 Å². The van der Waals surface area contributed by atoms with Crippen molar-refractivity contribution < 1.29 is 9.59 Å². The Labute approximate surface area is 165 Å². The molecule has 0 unspecified atom stereocenters. The molecule has 1 aliphatic rings. The Hall–Kier alpha value is -2.11. The predicted octanol–water partition coefficient (Wildman–Crippen LogP) is 2.86. The van der Waals surface area contributed by atoms with E-state index in [4.69, 9.17) is 11.6 Å². The van der Waals surface area contributed by atoms with Crippen LogP contribution < -0.4 is 0 Å². The third-order valence-electron chi connectivity index (χ3n) is 5.44. The molecule has 0 N–H and O–H groups in total. The van der Waals surface area contributed by atoms with Crippen molar-refractivity contribution in [3.05, 3.63) is 57.9 Å². The Morgan fingerprint density at radius 1 is 1.04 bits per heavy atom. The van der Waals surface area contributed by atoms with Crippen LogP contribution in [-0.4, -0.2) is 58.8 Å². The molecule has 0 bridgehead atoms. The predicted molar refractivity (Wildman–Crippen MR) is 107 cm³/mol. The summed E-state index contributed by atoms with van der Waals surface area (Å²) < 4.78 is 2.04. The maximum absolute atomic E-state index is 12.6. The van der Waals surface area contributed by atoms with E-state index < -0.39 is 0 Å². The van der Waals surface area contributed by atoms with Crippen LogP contribution in [0.25, 0.3) is 0 Å². The van der Waals surface area contributed by atoms with Crippen molar-refractivity contribution in [1.82, 2.24) is 14.4 Å². The fourth-order valence-corrected chi connectivity index (χ4v) is 3.60. The lowest BCUT2D eigenvalue weighted by atomic mass is 10.1. The van der Waals surface area contributed by atoms with Gasteiger partial charge in [0.25, 0.3) is 0 Å². The average molecular weight is 388 g/mol. The van der Waals surface area contributed by atoms with Crippen LogP contribution in [0.4, 0.5) is 0 Å². The van der Waals surface area contributed by atoms with Crippen LogP contribution in [0.5, 0.6) is 0 Å². The highest BCUT2D eigenvalue weighted by Crippen LogP contribution is 2.16. The lowest BCUT2D eigenvalue weighted by Gasteiger charge is -2.34. The van der Waals surface area contributed by atoms with Crippen LogP contribution in [0.15, 0.2) is 30.3 Å². The van der Waals surface area contributed by atoms with Gasteiger partial charge in [-0.15, -0.1) is 0 Å². The smallest absolute Gasteiger partial charge is 0.227 e. The van der Waals surface area contributed by atoms with Crippen molar-refractivity contribution in [3.63, 3.8) is 0 Å². The van der Waals surface area contributed by atoms with Crippen molar-refractivity contribution in [2.45, 2.75) is 20.3 Å². The molecule has 1 saturated heterocycles. The zero-order valence-corrected chi connectivity index (χ0v) is 16.9. The molecular weight excluding hydrogens is 362 g/mol. The summed E-state index contributed by atoms with van der Waals surface area (Å²) in [6.07, 6.45) is 0.387. The first kappa shape index (κ1) is 19.6. The topological polar surface area (TPSA) is 45.6 Å². The van der Waals surface area contributed by atoms with E-state index in [2.05, 4.69) is 4.90 Å². The van der Waals surface area contributed by atoms with Crippen molar-refractivity contribution in [3.8, 4) is 0 Å². The summed E-state index contributed by atoms with van der Waals surface area (Å²) in [5.41, 5.74) is 3.87. The number of piperazine rings is 1. The maximum Gasteiger partial charge on any atom is 0.227 e. The van der Waals surface area contributed by atoms with Crippen molar-refractivity contribution in [2.24, 2.45) is 7.05 Å². The Balaban J connectivity index is 1.51. The van der Waals surface area contributed by atoms with Gasteiger partial charge in [-0.25, -0.2) is 0 Å². The second-order valence-corrected chi connectivity index (χ2v) is 7.66. The van der Waals surface area contributed by atoms with Crippen LogP contribution in [0.1, 0.15) is 27.3 Å². The summed E-state index contributed by atoms with van der Waals surface area (Å²) >= 11 is 5.89. The molecule has 6 heteroatoms. The molecule has 1 aromatic carbocycles. The van der Waals surface area contributed by atoms with Gasteiger partial charge in [-0.1, -0.05) is 23.7 Å². The number of benzene rings is 1. The lowest BCUT2D eigenvalue weighted by Crippen LogP contribution is -2.50. The van der Waals surface area contributed by atoms with Crippen molar-refractivity contribution in [1.29, 1.82) is 0 Å². The van der Waals surface area contributed by atoms with Gasteiger partial charge in [-0.3, -0.25) is 14.5 Å². The van der Waals surface area contributed by atoms with Gasteiger partial charge in [0.2, 0.25) is 5.91 Å². The van der Waals surface area contributed by atoms with E-state index in [9.17, 15) is 9.59 Å². The highest BCUT2D eigenvalue weighted by Gasteiger charge is 2.24. The zero-order valence-electron chi connectivity index (χ0n) is 16.2. The molecule has 5 nitrogen and oxygen atoms in total. The molecule has 1 amide bonds. The number of aromatic nitrogens is 1. The van der Waals surface area contributed by atoms with E-state index in [-0.39, 0.29) is 11.7 Å². The van der Waals surface area contributed by atoms with E-state index in [1.165, 1.54) is 0 Å². The highest BCUT2D eigenvalue weighted by atomic mass is 35.5. The number of carbonyl (C=O) groups is 2. The minimum atomic E-state index is 0.123. The van der Waals surface area contributed by atoms with E-state index in [1.54, 1.807) is 12.1 Å². The molecule has 1 aromatic heterocycles. The second-order valence-electron chi connectivity index (χ2n) is 7.23. The van der Waals surface area contributed by atoms with Gasteiger partial charge in [0.1, 0.15) is 0 Å². The van der Waals surface area contributed by atoms with E-state index >= 15 is 0 Å². The van der Waals surface area contributed by atoms with E-state index in [1.807, 2.05) is 48.6 Å². The molecule has 27 heavy (non-hydrogen) atoms. The summed E-state index contributed by atoms with van der Waals surface area (Å²) in [5, 5.41) is 0.674. The zero-order chi connectivity index (χ0) is 19.6. The number of carbonyl (C=O) groups excluding carboxylic acids is 2. The van der Waals surface area contributed by atoms with Crippen LogP contribution in [-0.2, 0) is 18.3 Å². The quantitative estimate of drug-likeness (QED) is 0.741. The summed E-state index contributed by atoms with van der Waals surface area (Å²) in [4.78, 5) is 29.1. The molecule has 0 atom stereocenters. The second kappa shape index (κ2) is 8.28. The van der Waals surface area contributed by atoms with Crippen LogP contribution in [0.2, 0.25) is 5.02 Å². The molecule has 2 heterocycles. The fourth-order valence-electron chi connectivity index (χ4n) is 3.47. The molecule has 0 spiro atoms. The fraction of sp³-hybridized carbons (Fsp3) is 0.429. The molecule has 0 radical (unpaired) electrons. The van der Waals surface area contributed by atoms with E-state index in [0.717, 1.165) is 35.6 Å². The Bertz CT molecular complexity index is 834. The van der Waals surface area contributed by atoms with Gasteiger partial charge in [-0.05, 0) is 37.6 Å². The van der Waals surface area contributed by atoms with Gasteiger partial charge in [0, 0.05) is 55.2 Å². The van der Waals surface area contributed by atoms with Crippen LogP contribution >= 0.6 is 11.6 Å². The number of Topliss-reactive ketones (excluding diaryl/α,β-unsaturated/α-hetero) is 1. The summed E-state index contributed by atoms with van der Waals surface area (Å²) in [5.74, 6) is 0.273. The molecule has 0 aliphatic carbocycles. The number of ketones is 1. The van der Waals surface area contributed by atoms with Crippen LogP contribution in [0, 0.1) is 13.8 Å². The van der Waals surface area contributed by atoms with Gasteiger partial charge >= 0.3 is 0 Å². The monoisotopic (exact) mass is 387 g/mol. The number of amides is 1. The Morgan fingerprint density at radius 3 is 2.22 bits per heavy atom. The number of halogens is 1. The highest BCUT2D eigenvalue weighted by molar-refractivity contribution is 6.30. The minimum absolute atomic E-state index is 0.123. The first-order valence-electron chi connectivity index (χ1n) is 9.26. The largest absolute Gasteiger partial charge is 0.351 e. The molecule has 0 saturated carbocycles. The summed E-state index contributed by atoms with van der Waals surface area (Å²) in [7, 11) is 1.98. The molecule has 1 fully saturated rings. The Morgan fingerprint density at radius 2 is 1.67 bits per heavy atom. The SMILES string of the molecule is Cc1cc(C(=O)CN2CCN(C(=O)Cc3ccc(Cl)cc3)CC2)c(C)n1C. The summed E-state index contributed by atoms with van der Waals surface area (Å²) in [6, 6.07) is 9.35. The third-order valence-corrected chi connectivity index (χ3v) is 5.69. The average Bonchev–Trinajstić information content (AvgIpc) is 2.91. The number of hydrogen-bond donors (Lipinski definition) is 0. The van der Waals surface area contributed by atoms with E-state index in [0.29, 0.717) is 31.1 Å². The lowest BCUT2D eigenvalue weighted by molar-refractivity contribution is -0.132.